The first kappa shape index (κ1) is 17.5. The van der Waals surface area contributed by atoms with Crippen LogP contribution in [0.3, 0.4) is 0 Å². The first-order valence-electron chi connectivity index (χ1n) is 7.90. The van der Waals surface area contributed by atoms with Crippen molar-refractivity contribution in [2.24, 2.45) is 0 Å². The van der Waals surface area contributed by atoms with E-state index >= 15 is 0 Å². The van der Waals surface area contributed by atoms with E-state index in [1.807, 2.05) is 26.0 Å². The van der Waals surface area contributed by atoms with E-state index in [9.17, 15) is 13.2 Å². The van der Waals surface area contributed by atoms with Crippen LogP contribution in [0.1, 0.15) is 32.3 Å². The molecule has 1 aliphatic rings. The number of carbonyl (C=O) groups is 1. The van der Waals surface area contributed by atoms with Crippen LogP contribution in [-0.4, -0.2) is 44.6 Å². The van der Waals surface area contributed by atoms with Gasteiger partial charge < -0.3 is 4.90 Å². The molecular weight excluding hydrogens is 312 g/mol. The average molecular weight is 336 g/mol. The normalized spacial score (nSPS) is 18.3. The minimum Gasteiger partial charge on any atom is -0.340 e. The Kier molecular flexibility index (Phi) is 5.46. The van der Waals surface area contributed by atoms with E-state index in [0.29, 0.717) is 18.7 Å². The maximum Gasteiger partial charge on any atom is 0.246 e. The highest BCUT2D eigenvalue weighted by molar-refractivity contribution is 7.93. The van der Waals surface area contributed by atoms with Gasteiger partial charge in [0, 0.05) is 25.7 Å². The zero-order chi connectivity index (χ0) is 17.0. The lowest BCUT2D eigenvalue weighted by atomic mass is 10.1. The Balaban J connectivity index is 2.06. The number of amides is 1. The van der Waals surface area contributed by atoms with E-state index in [4.69, 9.17) is 0 Å². The molecule has 23 heavy (non-hydrogen) atoms. The Bertz CT molecular complexity index is 680. The second kappa shape index (κ2) is 7.17. The van der Waals surface area contributed by atoms with Crippen LogP contribution in [0, 0.1) is 0 Å². The van der Waals surface area contributed by atoms with Gasteiger partial charge in [-0.3, -0.25) is 9.10 Å². The zero-order valence-corrected chi connectivity index (χ0v) is 14.7. The summed E-state index contributed by atoms with van der Waals surface area (Å²) in [7, 11) is -1.35. The molecule has 0 aromatic heterocycles. The average Bonchev–Trinajstić information content (AvgIpc) is 2.90. The molecule has 0 aliphatic carbocycles. The molecule has 0 spiro atoms. The predicted molar refractivity (Wildman–Crippen MR) is 93.7 cm³/mol. The van der Waals surface area contributed by atoms with Crippen LogP contribution in [0.25, 0.3) is 6.08 Å². The molecule has 0 radical (unpaired) electrons. The van der Waals surface area contributed by atoms with Crippen molar-refractivity contribution in [2.75, 3.05) is 23.7 Å². The van der Waals surface area contributed by atoms with Gasteiger partial charge >= 0.3 is 0 Å². The third-order valence-electron chi connectivity index (χ3n) is 4.30. The summed E-state index contributed by atoms with van der Waals surface area (Å²) in [5, 5.41) is 0. The van der Waals surface area contributed by atoms with Gasteiger partial charge in [-0.25, -0.2) is 8.42 Å². The lowest BCUT2D eigenvalue weighted by molar-refractivity contribution is -0.126. The van der Waals surface area contributed by atoms with Gasteiger partial charge in [-0.05, 0) is 43.5 Å². The molecule has 1 atom stereocenters. The van der Waals surface area contributed by atoms with E-state index < -0.39 is 10.0 Å². The van der Waals surface area contributed by atoms with Gasteiger partial charge in [0.1, 0.15) is 0 Å². The smallest absolute Gasteiger partial charge is 0.246 e. The SMILES string of the molecule is CCC(C)N(C)C(=O)/C=C/c1ccc(N2CCCS2(=O)=O)cc1. The van der Waals surface area contributed by atoms with E-state index in [1.54, 1.807) is 36.2 Å². The predicted octanol–water partition coefficient (Wildman–Crippen LogP) is 2.50. The van der Waals surface area contributed by atoms with Crippen molar-refractivity contribution < 1.29 is 13.2 Å². The van der Waals surface area contributed by atoms with Crippen LogP contribution in [0.2, 0.25) is 0 Å². The van der Waals surface area contributed by atoms with Crippen LogP contribution < -0.4 is 4.31 Å². The van der Waals surface area contributed by atoms with Crippen LogP contribution in [0.5, 0.6) is 0 Å². The molecule has 126 valence electrons. The summed E-state index contributed by atoms with van der Waals surface area (Å²) in [5.41, 5.74) is 1.55. The number of sulfonamides is 1. The topological polar surface area (TPSA) is 57.7 Å². The number of hydrogen-bond acceptors (Lipinski definition) is 3. The fourth-order valence-corrected chi connectivity index (χ4v) is 4.02. The Labute approximate surface area is 138 Å². The minimum absolute atomic E-state index is 0.0365. The Morgan fingerprint density at radius 1 is 1.35 bits per heavy atom. The monoisotopic (exact) mass is 336 g/mol. The summed E-state index contributed by atoms with van der Waals surface area (Å²) in [4.78, 5) is 13.7. The number of hydrogen-bond donors (Lipinski definition) is 0. The number of nitrogens with zero attached hydrogens (tertiary/aromatic N) is 2. The van der Waals surface area contributed by atoms with Crippen molar-refractivity contribution in [1.82, 2.24) is 4.90 Å². The van der Waals surface area contributed by atoms with Gasteiger partial charge in [-0.1, -0.05) is 19.1 Å². The molecule has 0 bridgehead atoms. The third kappa shape index (κ3) is 4.13. The van der Waals surface area contributed by atoms with Crippen molar-refractivity contribution in [3.63, 3.8) is 0 Å². The highest BCUT2D eigenvalue weighted by Crippen LogP contribution is 2.24. The Morgan fingerprint density at radius 2 is 2.00 bits per heavy atom. The largest absolute Gasteiger partial charge is 0.340 e. The number of carbonyl (C=O) groups excluding carboxylic acids is 1. The Hall–Kier alpha value is -1.82. The van der Waals surface area contributed by atoms with Gasteiger partial charge in [-0.15, -0.1) is 0 Å². The molecule has 1 amide bonds. The summed E-state index contributed by atoms with van der Waals surface area (Å²) in [5.74, 6) is 0.177. The van der Waals surface area contributed by atoms with Crippen molar-refractivity contribution in [3.8, 4) is 0 Å². The second-order valence-corrected chi connectivity index (χ2v) is 7.89. The van der Waals surface area contributed by atoms with E-state index in [2.05, 4.69) is 0 Å². The van der Waals surface area contributed by atoms with Crippen molar-refractivity contribution >= 4 is 27.7 Å². The van der Waals surface area contributed by atoms with Gasteiger partial charge in [0.05, 0.1) is 11.4 Å². The summed E-state index contributed by atoms with van der Waals surface area (Å²) in [6, 6.07) is 7.43. The molecule has 1 unspecified atom stereocenters. The molecule has 1 aromatic rings. The van der Waals surface area contributed by atoms with E-state index in [-0.39, 0.29) is 17.7 Å². The van der Waals surface area contributed by atoms with Crippen LogP contribution >= 0.6 is 0 Å². The fourth-order valence-electron chi connectivity index (χ4n) is 2.46. The number of rotatable bonds is 5. The second-order valence-electron chi connectivity index (χ2n) is 5.87. The molecule has 1 fully saturated rings. The van der Waals surface area contributed by atoms with Crippen LogP contribution in [0.4, 0.5) is 5.69 Å². The standard InChI is InChI=1S/C17H24N2O3S/c1-4-14(2)18(3)17(20)11-8-15-6-9-16(10-7-15)19-12-5-13-23(19,21)22/h6-11,14H,4-5,12-13H2,1-3H3/b11-8+. The van der Waals surface area contributed by atoms with E-state index in [1.165, 1.54) is 4.31 Å². The molecule has 0 N–H and O–H groups in total. The number of benzene rings is 1. The molecule has 6 heteroatoms. The summed E-state index contributed by atoms with van der Waals surface area (Å²) < 4.78 is 25.2. The van der Waals surface area contributed by atoms with Crippen molar-refractivity contribution in [2.45, 2.75) is 32.7 Å². The molecule has 5 nitrogen and oxygen atoms in total. The van der Waals surface area contributed by atoms with Crippen LogP contribution in [0.15, 0.2) is 30.3 Å². The highest BCUT2D eigenvalue weighted by atomic mass is 32.2. The van der Waals surface area contributed by atoms with Gasteiger partial charge in [0.15, 0.2) is 0 Å². The molecule has 2 rings (SSSR count). The summed E-state index contributed by atoms with van der Waals surface area (Å²) in [6.07, 6.45) is 4.88. The maximum atomic E-state index is 12.0. The number of likely N-dealkylation sites (N-methyl/N-ethyl adjacent to an activating group) is 1. The summed E-state index contributed by atoms with van der Waals surface area (Å²) >= 11 is 0. The zero-order valence-electron chi connectivity index (χ0n) is 13.9. The molecule has 1 aliphatic heterocycles. The first-order chi connectivity index (χ1) is 10.8. The molecular formula is C17H24N2O3S. The van der Waals surface area contributed by atoms with Crippen molar-refractivity contribution in [1.29, 1.82) is 0 Å². The van der Waals surface area contributed by atoms with Crippen LogP contribution in [-0.2, 0) is 14.8 Å². The molecule has 1 aromatic carbocycles. The van der Waals surface area contributed by atoms with Crippen molar-refractivity contribution in [3.05, 3.63) is 35.9 Å². The minimum atomic E-state index is -3.15. The highest BCUT2D eigenvalue weighted by Gasteiger charge is 2.28. The number of anilines is 1. The lowest BCUT2D eigenvalue weighted by Gasteiger charge is -2.22. The lowest BCUT2D eigenvalue weighted by Crippen LogP contribution is -2.33. The van der Waals surface area contributed by atoms with Gasteiger partial charge in [0.2, 0.25) is 15.9 Å². The first-order valence-corrected chi connectivity index (χ1v) is 9.51. The third-order valence-corrected chi connectivity index (χ3v) is 6.17. The molecule has 1 saturated heterocycles. The summed E-state index contributed by atoms with van der Waals surface area (Å²) in [6.45, 7) is 4.59. The van der Waals surface area contributed by atoms with E-state index in [0.717, 1.165) is 12.0 Å². The van der Waals surface area contributed by atoms with Gasteiger partial charge in [-0.2, -0.15) is 0 Å². The fraction of sp³-hybridized carbons (Fsp3) is 0.471. The maximum absolute atomic E-state index is 12.0. The quantitative estimate of drug-likeness (QED) is 0.776. The molecule has 1 heterocycles. The molecule has 0 saturated carbocycles. The Morgan fingerprint density at radius 3 is 2.52 bits per heavy atom. The van der Waals surface area contributed by atoms with Gasteiger partial charge in [0.25, 0.3) is 0 Å².